The monoisotopic (exact) mass is 268 g/mol. The number of aliphatic carboxylic acids is 1. The Bertz CT molecular complexity index is 346. The maximum absolute atomic E-state index is 12.5. The third-order valence-corrected chi connectivity index (χ3v) is 4.40. The molecule has 108 valence electrons. The molecule has 2 saturated heterocycles. The van der Waals surface area contributed by atoms with Gasteiger partial charge in [-0.25, -0.2) is 9.59 Å². The van der Waals surface area contributed by atoms with Gasteiger partial charge in [-0.15, -0.1) is 0 Å². The summed E-state index contributed by atoms with van der Waals surface area (Å²) < 4.78 is 0. The lowest BCUT2D eigenvalue weighted by Crippen LogP contribution is -2.54. The number of hydrogen-bond donors (Lipinski definition) is 1. The van der Waals surface area contributed by atoms with E-state index in [0.717, 1.165) is 38.8 Å². The van der Waals surface area contributed by atoms with Gasteiger partial charge in [-0.3, -0.25) is 0 Å². The first kappa shape index (κ1) is 14.2. The second-order valence-electron chi connectivity index (χ2n) is 5.69. The molecule has 2 atom stereocenters. The predicted molar refractivity (Wildman–Crippen MR) is 72.0 cm³/mol. The lowest BCUT2D eigenvalue weighted by atomic mass is 9.95. The molecule has 19 heavy (non-hydrogen) atoms. The van der Waals surface area contributed by atoms with Crippen LogP contribution in [0.15, 0.2) is 0 Å². The van der Waals surface area contributed by atoms with E-state index in [2.05, 4.69) is 6.92 Å². The number of urea groups is 1. The fourth-order valence-electron chi connectivity index (χ4n) is 3.17. The standard InChI is InChI=1S/C14H24N2O3/c1-2-11-6-5-8-15(10-11)14(19)16-9-4-3-7-12(16)13(17)18/h11-12H,2-10H2,1H3,(H,17,18). The topological polar surface area (TPSA) is 60.9 Å². The van der Waals surface area contributed by atoms with E-state index in [9.17, 15) is 14.7 Å². The van der Waals surface area contributed by atoms with Crippen molar-refractivity contribution in [1.29, 1.82) is 0 Å². The molecule has 2 amide bonds. The van der Waals surface area contributed by atoms with Crippen molar-refractivity contribution in [2.24, 2.45) is 5.92 Å². The zero-order valence-electron chi connectivity index (χ0n) is 11.7. The number of hydrogen-bond acceptors (Lipinski definition) is 2. The largest absolute Gasteiger partial charge is 0.480 e. The normalized spacial score (nSPS) is 28.3. The molecule has 0 aliphatic carbocycles. The van der Waals surface area contributed by atoms with Gasteiger partial charge < -0.3 is 14.9 Å². The summed E-state index contributed by atoms with van der Waals surface area (Å²) >= 11 is 0. The summed E-state index contributed by atoms with van der Waals surface area (Å²) in [5.74, 6) is -0.289. The first-order valence-corrected chi connectivity index (χ1v) is 7.41. The highest BCUT2D eigenvalue weighted by molar-refractivity contribution is 5.83. The van der Waals surface area contributed by atoms with E-state index in [1.807, 2.05) is 4.90 Å². The van der Waals surface area contributed by atoms with Crippen LogP contribution >= 0.6 is 0 Å². The molecular weight excluding hydrogens is 244 g/mol. The van der Waals surface area contributed by atoms with E-state index in [1.54, 1.807) is 4.90 Å². The average Bonchev–Trinajstić information content (AvgIpc) is 2.46. The van der Waals surface area contributed by atoms with Gasteiger partial charge in [0.15, 0.2) is 0 Å². The molecule has 0 spiro atoms. The highest BCUT2D eigenvalue weighted by atomic mass is 16.4. The summed E-state index contributed by atoms with van der Waals surface area (Å²) in [6.45, 7) is 4.30. The summed E-state index contributed by atoms with van der Waals surface area (Å²) in [7, 11) is 0. The van der Waals surface area contributed by atoms with E-state index in [0.29, 0.717) is 18.9 Å². The van der Waals surface area contributed by atoms with E-state index >= 15 is 0 Å². The van der Waals surface area contributed by atoms with Gasteiger partial charge in [-0.05, 0) is 38.0 Å². The second-order valence-corrected chi connectivity index (χ2v) is 5.69. The summed E-state index contributed by atoms with van der Waals surface area (Å²) in [6, 6.07) is -0.687. The minimum Gasteiger partial charge on any atom is -0.480 e. The molecule has 0 radical (unpaired) electrons. The predicted octanol–water partition coefficient (Wildman–Crippen LogP) is 2.17. The fourth-order valence-corrected chi connectivity index (χ4v) is 3.17. The number of rotatable bonds is 2. The quantitative estimate of drug-likeness (QED) is 0.835. The van der Waals surface area contributed by atoms with Crippen LogP contribution in [0.5, 0.6) is 0 Å². The molecular formula is C14H24N2O3. The Hall–Kier alpha value is -1.26. The van der Waals surface area contributed by atoms with E-state index in [1.165, 1.54) is 6.42 Å². The first-order chi connectivity index (χ1) is 9.13. The van der Waals surface area contributed by atoms with Crippen molar-refractivity contribution in [2.45, 2.75) is 51.5 Å². The van der Waals surface area contributed by atoms with Gasteiger partial charge in [0.25, 0.3) is 0 Å². The van der Waals surface area contributed by atoms with Crippen molar-refractivity contribution in [1.82, 2.24) is 9.80 Å². The average molecular weight is 268 g/mol. The Balaban J connectivity index is 2.02. The van der Waals surface area contributed by atoms with Crippen LogP contribution in [-0.2, 0) is 4.79 Å². The molecule has 1 N–H and O–H groups in total. The number of likely N-dealkylation sites (tertiary alicyclic amines) is 2. The zero-order valence-corrected chi connectivity index (χ0v) is 11.7. The maximum atomic E-state index is 12.5. The Kier molecular flexibility index (Phi) is 4.66. The van der Waals surface area contributed by atoms with Gasteiger partial charge in [-0.1, -0.05) is 13.3 Å². The van der Waals surface area contributed by atoms with Crippen LogP contribution in [0.25, 0.3) is 0 Å². The first-order valence-electron chi connectivity index (χ1n) is 7.41. The van der Waals surface area contributed by atoms with Crippen LogP contribution in [0, 0.1) is 5.92 Å². The van der Waals surface area contributed by atoms with Crippen LogP contribution in [0.1, 0.15) is 45.4 Å². The molecule has 0 aromatic rings. The van der Waals surface area contributed by atoms with Gasteiger partial charge in [0.2, 0.25) is 0 Å². The van der Waals surface area contributed by atoms with Crippen molar-refractivity contribution in [2.75, 3.05) is 19.6 Å². The fraction of sp³-hybridized carbons (Fsp3) is 0.857. The van der Waals surface area contributed by atoms with E-state index in [4.69, 9.17) is 0 Å². The van der Waals surface area contributed by atoms with Gasteiger partial charge in [-0.2, -0.15) is 0 Å². The summed E-state index contributed by atoms with van der Waals surface area (Å²) in [6.07, 6.45) is 5.72. The molecule has 0 bridgehead atoms. The maximum Gasteiger partial charge on any atom is 0.326 e. The number of nitrogens with zero attached hydrogens (tertiary/aromatic N) is 2. The molecule has 0 saturated carbocycles. The van der Waals surface area contributed by atoms with Crippen LogP contribution in [-0.4, -0.2) is 52.6 Å². The van der Waals surface area contributed by atoms with Crippen molar-refractivity contribution < 1.29 is 14.7 Å². The molecule has 2 fully saturated rings. The van der Waals surface area contributed by atoms with Crippen LogP contribution in [0.2, 0.25) is 0 Å². The molecule has 0 aromatic heterocycles. The lowest BCUT2D eigenvalue weighted by Gasteiger charge is -2.40. The Morgan fingerprint density at radius 1 is 1.16 bits per heavy atom. The highest BCUT2D eigenvalue weighted by Gasteiger charge is 2.35. The Labute approximate surface area is 114 Å². The van der Waals surface area contributed by atoms with Crippen molar-refractivity contribution >= 4 is 12.0 Å². The number of amides is 2. The zero-order chi connectivity index (χ0) is 13.8. The minimum absolute atomic E-state index is 0.0646. The molecule has 2 aliphatic rings. The molecule has 2 unspecified atom stereocenters. The number of carbonyl (C=O) groups excluding carboxylic acids is 1. The second kappa shape index (κ2) is 6.26. The van der Waals surface area contributed by atoms with Gasteiger partial charge in [0.1, 0.15) is 6.04 Å². The molecule has 2 rings (SSSR count). The number of carboxylic acid groups (broad SMARTS) is 1. The van der Waals surface area contributed by atoms with Gasteiger partial charge in [0, 0.05) is 19.6 Å². The number of carboxylic acids is 1. The summed E-state index contributed by atoms with van der Waals surface area (Å²) in [4.78, 5) is 27.2. The third kappa shape index (κ3) is 3.19. The summed E-state index contributed by atoms with van der Waals surface area (Å²) in [5.41, 5.74) is 0. The lowest BCUT2D eigenvalue weighted by molar-refractivity contribution is -0.143. The molecule has 2 heterocycles. The van der Waals surface area contributed by atoms with Gasteiger partial charge in [0.05, 0.1) is 0 Å². The van der Waals surface area contributed by atoms with Crippen molar-refractivity contribution in [3.8, 4) is 0 Å². The van der Waals surface area contributed by atoms with Crippen LogP contribution in [0.4, 0.5) is 4.79 Å². The van der Waals surface area contributed by atoms with Crippen molar-refractivity contribution in [3.63, 3.8) is 0 Å². The van der Waals surface area contributed by atoms with Crippen molar-refractivity contribution in [3.05, 3.63) is 0 Å². The van der Waals surface area contributed by atoms with E-state index < -0.39 is 12.0 Å². The Morgan fingerprint density at radius 2 is 1.95 bits per heavy atom. The third-order valence-electron chi connectivity index (χ3n) is 4.40. The smallest absolute Gasteiger partial charge is 0.326 e. The Morgan fingerprint density at radius 3 is 2.63 bits per heavy atom. The summed E-state index contributed by atoms with van der Waals surface area (Å²) in [5, 5.41) is 9.24. The molecule has 5 heteroatoms. The highest BCUT2D eigenvalue weighted by Crippen LogP contribution is 2.23. The number of piperidine rings is 2. The molecule has 5 nitrogen and oxygen atoms in total. The van der Waals surface area contributed by atoms with Crippen LogP contribution in [0.3, 0.4) is 0 Å². The van der Waals surface area contributed by atoms with E-state index in [-0.39, 0.29) is 6.03 Å². The SMILES string of the molecule is CCC1CCCN(C(=O)N2CCCCC2C(=O)O)C1. The number of carbonyl (C=O) groups is 2. The van der Waals surface area contributed by atoms with Crippen LogP contribution < -0.4 is 0 Å². The van der Waals surface area contributed by atoms with Gasteiger partial charge >= 0.3 is 12.0 Å². The molecule has 2 aliphatic heterocycles. The minimum atomic E-state index is -0.864. The molecule has 0 aromatic carbocycles.